The number of hydrogen-bond acceptors (Lipinski definition) is 9. The van der Waals surface area contributed by atoms with E-state index in [9.17, 15) is 25.2 Å². The monoisotopic (exact) mass is 610 g/mol. The normalized spacial score (nSPS) is 45.0. The van der Waals surface area contributed by atoms with E-state index in [-0.39, 0.29) is 29.3 Å². The summed E-state index contributed by atoms with van der Waals surface area (Å²) < 4.78 is 17.2. The van der Waals surface area contributed by atoms with Gasteiger partial charge in [-0.05, 0) is 98.5 Å². The molecule has 0 aromatic carbocycles. The van der Waals surface area contributed by atoms with Gasteiger partial charge in [-0.3, -0.25) is 4.79 Å². The number of aliphatic hydroxyl groups excluding tert-OH is 4. The highest BCUT2D eigenvalue weighted by Crippen LogP contribution is 2.66. The highest BCUT2D eigenvalue weighted by atomic mass is 32.2. The first kappa shape index (κ1) is 32.7. The van der Waals surface area contributed by atoms with Crippen LogP contribution in [-0.4, -0.2) is 88.4 Å². The Bertz CT molecular complexity index is 958. The van der Waals surface area contributed by atoms with Gasteiger partial charge in [-0.2, -0.15) is 0 Å². The standard InChI is InChI=1S/C33H54O8S/c1-32-14-12-21(40-16-6-4-5-7-17-42-31-29(37)28(36)27(35)26(19-34)41-31)18-20(32)8-9-22-23-10-11-25(30(38)39-3)33(23,2)15-13-24(22)32/h8,21-29,31,34-37H,4-7,9-19H2,1-3H3/t21-,22-,23-,24-,25+,26+,27+,28-,29-,31-,32-,33-/m0/s1. The zero-order chi connectivity index (χ0) is 30.1. The molecule has 12 atom stereocenters. The molecule has 0 spiro atoms. The van der Waals surface area contributed by atoms with Gasteiger partial charge in [0.25, 0.3) is 0 Å². The van der Waals surface area contributed by atoms with E-state index in [4.69, 9.17) is 14.2 Å². The van der Waals surface area contributed by atoms with Crippen molar-refractivity contribution in [3.8, 4) is 0 Å². The highest BCUT2D eigenvalue weighted by molar-refractivity contribution is 7.99. The first-order valence-corrected chi connectivity index (χ1v) is 17.5. The summed E-state index contributed by atoms with van der Waals surface area (Å²) in [5.41, 5.74) is 1.34. The van der Waals surface area contributed by atoms with Gasteiger partial charge in [0.1, 0.15) is 29.9 Å². The quantitative estimate of drug-likeness (QED) is 0.155. The molecule has 42 heavy (non-hydrogen) atoms. The molecule has 0 amide bonds. The van der Waals surface area contributed by atoms with Crippen molar-refractivity contribution in [2.24, 2.45) is 34.5 Å². The van der Waals surface area contributed by atoms with Crippen LogP contribution in [0.2, 0.25) is 0 Å². The van der Waals surface area contributed by atoms with Crippen LogP contribution in [0.25, 0.3) is 0 Å². The second-order valence-electron chi connectivity index (χ2n) is 14.2. The number of hydrogen-bond donors (Lipinski definition) is 4. The van der Waals surface area contributed by atoms with Gasteiger partial charge < -0.3 is 34.6 Å². The molecular formula is C33H54O8S. The van der Waals surface area contributed by atoms with Crippen LogP contribution in [-0.2, 0) is 19.0 Å². The lowest BCUT2D eigenvalue weighted by Gasteiger charge is -2.58. The van der Waals surface area contributed by atoms with E-state index >= 15 is 0 Å². The van der Waals surface area contributed by atoms with E-state index < -0.39 is 29.9 Å². The van der Waals surface area contributed by atoms with Crippen molar-refractivity contribution in [2.75, 3.05) is 26.1 Å². The second kappa shape index (κ2) is 13.8. The van der Waals surface area contributed by atoms with Gasteiger partial charge in [0, 0.05) is 6.61 Å². The van der Waals surface area contributed by atoms with Crippen molar-refractivity contribution in [2.45, 2.75) is 127 Å². The Hall–Kier alpha value is -0.680. The maximum atomic E-state index is 12.6. The lowest BCUT2D eigenvalue weighted by atomic mass is 9.47. The van der Waals surface area contributed by atoms with E-state index in [2.05, 4.69) is 19.9 Å². The molecule has 0 radical (unpaired) electrons. The SMILES string of the molecule is COC(=O)[C@H]1CC[C@H]2[C@@H]3CC=C4C[C@@H](OCCCCCCS[C@@H]5O[C@H](CO)[C@@H](O)[C@H](O)[C@@H]5O)CC[C@]4(C)[C@H]3CC[C@]12C. The van der Waals surface area contributed by atoms with Crippen molar-refractivity contribution >= 4 is 17.7 Å². The summed E-state index contributed by atoms with van der Waals surface area (Å²) in [6.07, 6.45) is 11.4. The molecule has 4 fully saturated rings. The van der Waals surface area contributed by atoms with Crippen LogP contribution in [0.5, 0.6) is 0 Å². The molecule has 1 aliphatic heterocycles. The smallest absolute Gasteiger partial charge is 0.309 e. The summed E-state index contributed by atoms with van der Waals surface area (Å²) in [5.74, 6) is 2.87. The number of methoxy groups -OCH3 is 1. The molecule has 0 aromatic rings. The van der Waals surface area contributed by atoms with Crippen molar-refractivity contribution in [3.05, 3.63) is 11.6 Å². The van der Waals surface area contributed by atoms with Gasteiger partial charge in [-0.15, -0.1) is 11.8 Å². The number of esters is 1. The van der Waals surface area contributed by atoms with Crippen molar-refractivity contribution in [1.82, 2.24) is 0 Å². The van der Waals surface area contributed by atoms with Crippen LogP contribution in [0.1, 0.15) is 90.9 Å². The molecule has 0 unspecified atom stereocenters. The van der Waals surface area contributed by atoms with Crippen LogP contribution >= 0.6 is 11.8 Å². The average molecular weight is 611 g/mol. The van der Waals surface area contributed by atoms with Gasteiger partial charge in [-0.25, -0.2) is 0 Å². The number of thioether (sulfide) groups is 1. The van der Waals surface area contributed by atoms with Crippen LogP contribution in [0.15, 0.2) is 11.6 Å². The zero-order valence-electron chi connectivity index (χ0n) is 25.8. The van der Waals surface area contributed by atoms with E-state index in [0.717, 1.165) is 76.6 Å². The molecule has 0 bridgehead atoms. The molecule has 1 heterocycles. The number of ether oxygens (including phenoxy) is 3. The van der Waals surface area contributed by atoms with Crippen LogP contribution in [0.3, 0.4) is 0 Å². The lowest BCUT2D eigenvalue weighted by Crippen LogP contribution is -2.57. The molecule has 4 N–H and O–H groups in total. The molecule has 5 aliphatic rings. The molecule has 240 valence electrons. The summed E-state index contributed by atoms with van der Waals surface area (Å²) >= 11 is 1.43. The van der Waals surface area contributed by atoms with E-state index in [1.165, 1.54) is 31.7 Å². The number of allylic oxidation sites excluding steroid dienone is 1. The minimum atomic E-state index is -1.31. The molecular weight excluding hydrogens is 556 g/mol. The Labute approximate surface area is 256 Å². The van der Waals surface area contributed by atoms with Gasteiger partial charge in [0.2, 0.25) is 0 Å². The average Bonchev–Trinajstić information content (AvgIpc) is 3.35. The minimum absolute atomic E-state index is 0.00123. The number of rotatable bonds is 11. The highest BCUT2D eigenvalue weighted by Gasteiger charge is 2.60. The molecule has 3 saturated carbocycles. The lowest BCUT2D eigenvalue weighted by molar-refractivity contribution is -0.205. The van der Waals surface area contributed by atoms with E-state index in [0.29, 0.717) is 23.9 Å². The zero-order valence-corrected chi connectivity index (χ0v) is 26.6. The Morgan fingerprint density at radius 2 is 1.79 bits per heavy atom. The third-order valence-corrected chi connectivity index (χ3v) is 13.3. The number of carbonyl (C=O) groups is 1. The van der Waals surface area contributed by atoms with Gasteiger partial charge in [0.15, 0.2) is 0 Å². The summed E-state index contributed by atoms with van der Waals surface area (Å²) in [5, 5.41) is 39.4. The van der Waals surface area contributed by atoms with Crippen molar-refractivity contribution in [3.63, 3.8) is 0 Å². The fourth-order valence-corrected chi connectivity index (χ4v) is 10.7. The van der Waals surface area contributed by atoms with Crippen LogP contribution in [0.4, 0.5) is 0 Å². The molecule has 4 aliphatic carbocycles. The first-order chi connectivity index (χ1) is 20.1. The Morgan fingerprint density at radius 3 is 2.55 bits per heavy atom. The maximum Gasteiger partial charge on any atom is 0.309 e. The molecule has 5 rings (SSSR count). The summed E-state index contributed by atoms with van der Waals surface area (Å²) in [7, 11) is 1.54. The Morgan fingerprint density at radius 1 is 1.00 bits per heavy atom. The second-order valence-corrected chi connectivity index (χ2v) is 15.4. The maximum absolute atomic E-state index is 12.6. The third kappa shape index (κ3) is 6.22. The Balaban J connectivity index is 1.01. The summed E-state index contributed by atoms with van der Waals surface area (Å²) in [6, 6.07) is 0. The topological polar surface area (TPSA) is 126 Å². The van der Waals surface area contributed by atoms with Crippen LogP contribution < -0.4 is 0 Å². The number of aliphatic hydroxyl groups is 4. The minimum Gasteiger partial charge on any atom is -0.469 e. The molecule has 8 nitrogen and oxygen atoms in total. The molecule has 0 aromatic heterocycles. The third-order valence-electron chi connectivity index (χ3n) is 12.1. The number of carbonyl (C=O) groups excluding carboxylic acids is 1. The fourth-order valence-electron chi connectivity index (χ4n) is 9.51. The summed E-state index contributed by atoms with van der Waals surface area (Å²) in [4.78, 5) is 12.6. The van der Waals surface area contributed by atoms with Crippen molar-refractivity contribution in [1.29, 1.82) is 0 Å². The van der Waals surface area contributed by atoms with Gasteiger partial charge in [-0.1, -0.05) is 38.3 Å². The molecule has 9 heteroatoms. The van der Waals surface area contributed by atoms with E-state index in [1.807, 2.05) is 0 Å². The van der Waals surface area contributed by atoms with Crippen molar-refractivity contribution < 1.29 is 39.4 Å². The van der Waals surface area contributed by atoms with Gasteiger partial charge >= 0.3 is 5.97 Å². The van der Waals surface area contributed by atoms with Gasteiger partial charge in [0.05, 0.1) is 25.7 Å². The predicted octanol–water partition coefficient (Wildman–Crippen LogP) is 4.22. The first-order valence-electron chi connectivity index (χ1n) is 16.4. The molecule has 1 saturated heterocycles. The number of unbranched alkanes of at least 4 members (excludes halogenated alkanes) is 3. The van der Waals surface area contributed by atoms with E-state index in [1.54, 1.807) is 5.57 Å². The Kier molecular flexibility index (Phi) is 10.7. The number of fused-ring (bicyclic) bond motifs is 5. The predicted molar refractivity (Wildman–Crippen MR) is 162 cm³/mol. The fraction of sp³-hybridized carbons (Fsp3) is 0.909. The summed E-state index contributed by atoms with van der Waals surface area (Å²) in [6.45, 7) is 5.28. The largest absolute Gasteiger partial charge is 0.469 e. The van der Waals surface area contributed by atoms with Crippen LogP contribution in [0, 0.1) is 34.5 Å².